The molecule has 2 rings (SSSR count). The van der Waals surface area contributed by atoms with Crippen LogP contribution in [0.15, 0.2) is 16.7 Å². The van der Waals surface area contributed by atoms with Gasteiger partial charge in [0, 0.05) is 0 Å². The second-order valence-electron chi connectivity index (χ2n) is 3.82. The molecule has 0 spiro atoms. The smallest absolute Gasteiger partial charge is 0.418 e. The van der Waals surface area contributed by atoms with Gasteiger partial charge in [0.15, 0.2) is 0 Å². The van der Waals surface area contributed by atoms with Gasteiger partial charge in [-0.3, -0.25) is 0 Å². The molecule has 96 valence electrons. The summed E-state index contributed by atoms with van der Waals surface area (Å²) in [6.45, 7) is 3.27. The number of alkyl halides is 3. The summed E-state index contributed by atoms with van der Waals surface area (Å²) in [6.07, 6.45) is -3.42. The maximum atomic E-state index is 12.9. The molecule has 0 saturated carbocycles. The number of nitrogens with two attached hydrogens (primary N) is 1. The molecule has 0 unspecified atom stereocenters. The molecule has 0 atom stereocenters. The fourth-order valence-corrected chi connectivity index (χ4v) is 1.44. The van der Waals surface area contributed by atoms with E-state index in [0.29, 0.717) is 11.5 Å². The molecule has 2 N–H and O–H groups in total. The van der Waals surface area contributed by atoms with Crippen LogP contribution in [0.25, 0.3) is 11.6 Å². The van der Waals surface area contributed by atoms with Crippen LogP contribution in [0.2, 0.25) is 0 Å². The van der Waals surface area contributed by atoms with Crippen molar-refractivity contribution in [2.75, 3.05) is 5.73 Å². The van der Waals surface area contributed by atoms with Crippen molar-refractivity contribution in [1.29, 1.82) is 0 Å². The van der Waals surface area contributed by atoms with Crippen LogP contribution < -0.4 is 5.73 Å². The molecule has 0 saturated heterocycles. The highest BCUT2D eigenvalue weighted by Crippen LogP contribution is 2.36. The zero-order chi connectivity index (χ0) is 13.5. The third kappa shape index (κ3) is 2.15. The Bertz CT molecular complexity index is 570. The number of rotatable bonds is 1. The fraction of sp³-hybridized carbons (Fsp3) is 0.273. The summed E-state index contributed by atoms with van der Waals surface area (Å²) in [5.41, 5.74) is 4.48. The number of oxazole rings is 1. The average Bonchev–Trinajstić information content (AvgIpc) is 2.57. The third-order valence-electron chi connectivity index (χ3n) is 2.45. The summed E-state index contributed by atoms with van der Waals surface area (Å²) >= 11 is 0. The first-order chi connectivity index (χ1) is 8.29. The van der Waals surface area contributed by atoms with E-state index in [4.69, 9.17) is 10.2 Å². The van der Waals surface area contributed by atoms with Gasteiger partial charge in [-0.15, -0.1) is 0 Å². The maximum Gasteiger partial charge on any atom is 0.418 e. The molecule has 2 heterocycles. The van der Waals surface area contributed by atoms with Gasteiger partial charge in [0.25, 0.3) is 0 Å². The third-order valence-corrected chi connectivity index (χ3v) is 2.45. The molecule has 2 aromatic heterocycles. The minimum absolute atomic E-state index is 0.0638. The van der Waals surface area contributed by atoms with Crippen LogP contribution in [-0.2, 0) is 6.18 Å². The van der Waals surface area contributed by atoms with E-state index in [1.807, 2.05) is 0 Å². The van der Waals surface area contributed by atoms with Gasteiger partial charge in [0.05, 0.1) is 23.1 Å². The quantitative estimate of drug-likeness (QED) is 0.853. The van der Waals surface area contributed by atoms with Crippen molar-refractivity contribution in [2.24, 2.45) is 0 Å². The first-order valence-electron chi connectivity index (χ1n) is 5.06. The van der Waals surface area contributed by atoms with Gasteiger partial charge in [0.1, 0.15) is 11.5 Å². The SMILES string of the molecule is Cc1nc(-c2ncc(N)cc2C(F)(F)F)oc1C. The van der Waals surface area contributed by atoms with E-state index in [2.05, 4.69) is 9.97 Å². The summed E-state index contributed by atoms with van der Waals surface area (Å²) in [5.74, 6) is 0.300. The molecule has 0 radical (unpaired) electrons. The second-order valence-corrected chi connectivity index (χ2v) is 3.82. The first kappa shape index (κ1) is 12.4. The highest BCUT2D eigenvalue weighted by Gasteiger charge is 2.36. The van der Waals surface area contributed by atoms with Crippen LogP contribution in [0, 0.1) is 13.8 Å². The number of anilines is 1. The number of hydrogen-bond acceptors (Lipinski definition) is 4. The summed E-state index contributed by atoms with van der Waals surface area (Å²) < 4.78 is 43.7. The Morgan fingerprint density at radius 1 is 1.28 bits per heavy atom. The summed E-state index contributed by atoms with van der Waals surface area (Å²) in [4.78, 5) is 7.58. The number of pyridine rings is 1. The molecule has 0 amide bonds. The maximum absolute atomic E-state index is 12.9. The largest absolute Gasteiger partial charge is 0.440 e. The predicted octanol–water partition coefficient (Wildman–Crippen LogP) is 2.95. The number of aryl methyl sites for hydroxylation is 2. The van der Waals surface area contributed by atoms with Crippen LogP contribution in [-0.4, -0.2) is 9.97 Å². The van der Waals surface area contributed by atoms with E-state index < -0.39 is 11.7 Å². The number of halogens is 3. The van der Waals surface area contributed by atoms with Gasteiger partial charge < -0.3 is 10.2 Å². The molecular formula is C11H10F3N3O. The van der Waals surface area contributed by atoms with Crippen LogP contribution in [0.3, 0.4) is 0 Å². The molecule has 7 heteroatoms. The number of nitrogen functional groups attached to an aromatic ring is 1. The van der Waals surface area contributed by atoms with E-state index in [0.717, 1.165) is 12.3 Å². The summed E-state index contributed by atoms with van der Waals surface area (Å²) in [6, 6.07) is 0.817. The average molecular weight is 257 g/mol. The van der Waals surface area contributed by atoms with Crippen molar-refractivity contribution in [3.8, 4) is 11.6 Å². The van der Waals surface area contributed by atoms with Crippen LogP contribution >= 0.6 is 0 Å². The van der Waals surface area contributed by atoms with Crippen molar-refractivity contribution >= 4 is 5.69 Å². The second kappa shape index (κ2) is 4.01. The first-order valence-corrected chi connectivity index (χ1v) is 5.06. The Hall–Kier alpha value is -2.05. The zero-order valence-corrected chi connectivity index (χ0v) is 9.67. The summed E-state index contributed by atoms with van der Waals surface area (Å²) in [7, 11) is 0. The molecule has 0 bridgehead atoms. The van der Waals surface area contributed by atoms with Gasteiger partial charge in [-0.1, -0.05) is 0 Å². The van der Waals surface area contributed by atoms with E-state index >= 15 is 0 Å². The van der Waals surface area contributed by atoms with Crippen molar-refractivity contribution in [3.63, 3.8) is 0 Å². The Kier molecular flexibility index (Phi) is 2.76. The molecule has 0 aliphatic carbocycles. The van der Waals surface area contributed by atoms with Crippen molar-refractivity contribution in [2.45, 2.75) is 20.0 Å². The molecular weight excluding hydrogens is 247 g/mol. The van der Waals surface area contributed by atoms with E-state index in [9.17, 15) is 13.2 Å². The molecule has 0 fully saturated rings. The molecule has 2 aromatic rings. The number of hydrogen-bond donors (Lipinski definition) is 1. The summed E-state index contributed by atoms with van der Waals surface area (Å²) in [5, 5.41) is 0. The topological polar surface area (TPSA) is 64.9 Å². The van der Waals surface area contributed by atoms with Gasteiger partial charge in [0.2, 0.25) is 5.89 Å². The predicted molar refractivity (Wildman–Crippen MR) is 58.6 cm³/mol. The zero-order valence-electron chi connectivity index (χ0n) is 9.67. The normalized spacial score (nSPS) is 11.8. The fourth-order valence-electron chi connectivity index (χ4n) is 1.44. The Labute approximate surface area is 101 Å². The van der Waals surface area contributed by atoms with Gasteiger partial charge in [-0.2, -0.15) is 13.2 Å². The minimum atomic E-state index is -4.56. The molecule has 0 aliphatic rings. The van der Waals surface area contributed by atoms with E-state index in [1.54, 1.807) is 13.8 Å². The highest BCUT2D eigenvalue weighted by molar-refractivity contribution is 5.58. The number of nitrogens with zero attached hydrogens (tertiary/aromatic N) is 2. The van der Waals surface area contributed by atoms with Crippen molar-refractivity contribution < 1.29 is 17.6 Å². The molecule has 4 nitrogen and oxygen atoms in total. The Morgan fingerprint density at radius 2 is 1.94 bits per heavy atom. The van der Waals surface area contributed by atoms with Crippen molar-refractivity contribution in [3.05, 3.63) is 29.3 Å². The lowest BCUT2D eigenvalue weighted by Gasteiger charge is -2.10. The van der Waals surface area contributed by atoms with E-state index in [-0.39, 0.29) is 17.3 Å². The Balaban J connectivity index is 2.64. The monoisotopic (exact) mass is 257 g/mol. The molecule has 18 heavy (non-hydrogen) atoms. The van der Waals surface area contributed by atoms with Crippen LogP contribution in [0.5, 0.6) is 0 Å². The van der Waals surface area contributed by atoms with Gasteiger partial charge >= 0.3 is 6.18 Å². The highest BCUT2D eigenvalue weighted by atomic mass is 19.4. The molecule has 0 aromatic carbocycles. The van der Waals surface area contributed by atoms with Gasteiger partial charge in [-0.05, 0) is 19.9 Å². The van der Waals surface area contributed by atoms with E-state index in [1.165, 1.54) is 0 Å². The molecule has 0 aliphatic heterocycles. The minimum Gasteiger partial charge on any atom is -0.440 e. The lowest BCUT2D eigenvalue weighted by atomic mass is 10.1. The van der Waals surface area contributed by atoms with Crippen molar-refractivity contribution in [1.82, 2.24) is 9.97 Å². The van der Waals surface area contributed by atoms with Crippen LogP contribution in [0.1, 0.15) is 17.0 Å². The number of aromatic nitrogens is 2. The van der Waals surface area contributed by atoms with Gasteiger partial charge in [-0.25, -0.2) is 9.97 Å². The van der Waals surface area contributed by atoms with Crippen LogP contribution in [0.4, 0.5) is 18.9 Å². The Morgan fingerprint density at radius 3 is 2.44 bits per heavy atom. The lowest BCUT2D eigenvalue weighted by molar-refractivity contribution is -0.137. The lowest BCUT2D eigenvalue weighted by Crippen LogP contribution is -2.09. The standard InChI is InChI=1S/C11H10F3N3O/c1-5-6(2)18-10(17-5)9-8(11(12,13)14)3-7(15)4-16-9/h3-4H,15H2,1-2H3.